The summed E-state index contributed by atoms with van der Waals surface area (Å²) in [5, 5.41) is 10.8. The van der Waals surface area contributed by atoms with E-state index in [2.05, 4.69) is 5.32 Å². The summed E-state index contributed by atoms with van der Waals surface area (Å²) in [7, 11) is 0. The van der Waals surface area contributed by atoms with Crippen LogP contribution in [-0.2, 0) is 11.4 Å². The highest BCUT2D eigenvalue weighted by molar-refractivity contribution is 5.92. The number of carbonyl (C=O) groups is 1. The van der Waals surface area contributed by atoms with E-state index in [0.29, 0.717) is 5.76 Å². The van der Waals surface area contributed by atoms with Crippen molar-refractivity contribution in [1.29, 1.82) is 5.26 Å². The highest BCUT2D eigenvalue weighted by Crippen LogP contribution is 2.22. The molecule has 0 bridgehead atoms. The van der Waals surface area contributed by atoms with E-state index in [1.165, 1.54) is 18.4 Å². The van der Waals surface area contributed by atoms with E-state index in [4.69, 9.17) is 14.4 Å². The predicted octanol–water partition coefficient (Wildman–Crippen LogP) is 2.85. The third kappa shape index (κ3) is 3.59. The lowest BCUT2D eigenvalue weighted by Gasteiger charge is -2.08. The van der Waals surface area contributed by atoms with E-state index < -0.39 is 11.7 Å². The summed E-state index contributed by atoms with van der Waals surface area (Å²) in [6.45, 7) is 0.115. The summed E-state index contributed by atoms with van der Waals surface area (Å²) in [5.41, 5.74) is 0.271. The van der Waals surface area contributed by atoms with Crippen molar-refractivity contribution in [1.82, 2.24) is 0 Å². The Labute approximate surface area is 114 Å². The van der Waals surface area contributed by atoms with E-state index in [1.807, 2.05) is 0 Å². The van der Waals surface area contributed by atoms with Crippen LogP contribution in [0.15, 0.2) is 41.0 Å². The Morgan fingerprint density at radius 1 is 1.45 bits per heavy atom. The second kappa shape index (κ2) is 6.38. The Morgan fingerprint density at radius 2 is 2.30 bits per heavy atom. The van der Waals surface area contributed by atoms with Crippen molar-refractivity contribution in [3.8, 4) is 11.8 Å². The Balaban J connectivity index is 1.99. The molecule has 2 aromatic rings. The summed E-state index contributed by atoms with van der Waals surface area (Å²) >= 11 is 0. The van der Waals surface area contributed by atoms with Gasteiger partial charge in [0.05, 0.1) is 12.3 Å². The number of nitrogens with zero attached hydrogens (tertiary/aromatic N) is 1. The molecule has 0 aliphatic rings. The fourth-order valence-electron chi connectivity index (χ4n) is 1.52. The van der Waals surface area contributed by atoms with Crippen molar-refractivity contribution in [3.05, 3.63) is 48.2 Å². The van der Waals surface area contributed by atoms with E-state index in [0.717, 1.165) is 6.07 Å². The topological polar surface area (TPSA) is 75.3 Å². The van der Waals surface area contributed by atoms with Crippen LogP contribution in [0.2, 0.25) is 0 Å². The molecule has 2 rings (SSSR count). The number of nitrogens with one attached hydrogen (secondary N) is 1. The van der Waals surface area contributed by atoms with Crippen molar-refractivity contribution < 1.29 is 18.3 Å². The van der Waals surface area contributed by atoms with Gasteiger partial charge in [-0.2, -0.15) is 5.26 Å². The number of halogens is 1. The minimum atomic E-state index is -0.605. The number of rotatable bonds is 5. The number of benzene rings is 1. The van der Waals surface area contributed by atoms with Crippen LogP contribution >= 0.6 is 0 Å². The molecule has 20 heavy (non-hydrogen) atoms. The van der Waals surface area contributed by atoms with Crippen molar-refractivity contribution in [3.63, 3.8) is 0 Å². The Bertz CT molecular complexity index is 632. The Morgan fingerprint density at radius 3 is 2.95 bits per heavy atom. The lowest BCUT2D eigenvalue weighted by molar-refractivity contribution is -0.115. The first-order valence-corrected chi connectivity index (χ1v) is 5.80. The molecule has 0 radical (unpaired) electrons. The van der Waals surface area contributed by atoms with Gasteiger partial charge in [-0.1, -0.05) is 0 Å². The standard InChI is InChI=1S/C14H11FN2O3/c15-12-8-10(17-14(18)5-6-16)3-4-13(12)20-9-11-2-1-7-19-11/h1-4,7-8H,5,9H2,(H,17,18). The number of anilines is 1. The summed E-state index contributed by atoms with van der Waals surface area (Å²) in [4.78, 5) is 11.2. The summed E-state index contributed by atoms with van der Waals surface area (Å²) in [6, 6.07) is 9.17. The predicted molar refractivity (Wildman–Crippen MR) is 68.3 cm³/mol. The number of ether oxygens (including phenoxy) is 1. The maximum absolute atomic E-state index is 13.7. The molecule has 102 valence electrons. The fraction of sp³-hybridized carbons (Fsp3) is 0.143. The van der Waals surface area contributed by atoms with Gasteiger partial charge in [0.25, 0.3) is 0 Å². The number of amides is 1. The highest BCUT2D eigenvalue weighted by atomic mass is 19.1. The molecule has 0 saturated carbocycles. The average Bonchev–Trinajstić information content (AvgIpc) is 2.91. The van der Waals surface area contributed by atoms with Crippen molar-refractivity contribution >= 4 is 11.6 Å². The third-order valence-corrected chi connectivity index (χ3v) is 2.41. The lowest BCUT2D eigenvalue weighted by Crippen LogP contribution is -2.10. The number of hydrogen-bond donors (Lipinski definition) is 1. The molecular weight excluding hydrogens is 263 g/mol. The van der Waals surface area contributed by atoms with E-state index in [-0.39, 0.29) is 24.5 Å². The van der Waals surface area contributed by atoms with E-state index in [9.17, 15) is 9.18 Å². The minimum absolute atomic E-state index is 0.0553. The molecule has 0 spiro atoms. The maximum Gasteiger partial charge on any atom is 0.238 e. The lowest BCUT2D eigenvalue weighted by atomic mass is 10.2. The molecule has 6 heteroatoms. The highest BCUT2D eigenvalue weighted by Gasteiger charge is 2.08. The number of carbonyl (C=O) groups excluding carboxylic acids is 1. The summed E-state index contributed by atoms with van der Waals surface area (Å²) in [5.74, 6) is -0.460. The summed E-state index contributed by atoms with van der Waals surface area (Å²) in [6.07, 6.45) is 1.22. The molecule has 1 aromatic heterocycles. The molecule has 0 unspecified atom stereocenters. The van der Waals surface area contributed by atoms with Gasteiger partial charge in [-0.3, -0.25) is 4.79 Å². The fourth-order valence-corrected chi connectivity index (χ4v) is 1.52. The molecule has 1 heterocycles. The average molecular weight is 274 g/mol. The molecule has 1 N–H and O–H groups in total. The van der Waals surface area contributed by atoms with Gasteiger partial charge in [0.2, 0.25) is 5.91 Å². The van der Waals surface area contributed by atoms with Gasteiger partial charge in [0, 0.05) is 11.8 Å². The van der Waals surface area contributed by atoms with Crippen molar-refractivity contribution in [2.75, 3.05) is 5.32 Å². The second-order valence-corrected chi connectivity index (χ2v) is 3.90. The SMILES string of the molecule is N#CCC(=O)Nc1ccc(OCc2ccco2)c(F)c1. The molecule has 0 fully saturated rings. The molecule has 0 aliphatic carbocycles. The smallest absolute Gasteiger partial charge is 0.238 e. The molecule has 5 nitrogen and oxygen atoms in total. The van der Waals surface area contributed by atoms with Gasteiger partial charge in [0.15, 0.2) is 11.6 Å². The maximum atomic E-state index is 13.7. The van der Waals surface area contributed by atoms with Crippen LogP contribution in [0.5, 0.6) is 5.75 Å². The van der Waals surface area contributed by atoms with Crippen LogP contribution in [0, 0.1) is 17.1 Å². The Hall–Kier alpha value is -2.81. The van der Waals surface area contributed by atoms with Crippen LogP contribution in [0.25, 0.3) is 0 Å². The summed E-state index contributed by atoms with van der Waals surface area (Å²) < 4.78 is 24.1. The monoisotopic (exact) mass is 274 g/mol. The van der Waals surface area contributed by atoms with Gasteiger partial charge < -0.3 is 14.5 Å². The first kappa shape index (κ1) is 13.6. The Kier molecular flexibility index (Phi) is 4.35. The van der Waals surface area contributed by atoms with E-state index in [1.54, 1.807) is 18.2 Å². The quantitative estimate of drug-likeness (QED) is 0.909. The van der Waals surface area contributed by atoms with Crippen molar-refractivity contribution in [2.45, 2.75) is 13.0 Å². The zero-order valence-corrected chi connectivity index (χ0v) is 10.4. The van der Waals surface area contributed by atoms with Crippen LogP contribution in [-0.4, -0.2) is 5.91 Å². The van der Waals surface area contributed by atoms with Crippen molar-refractivity contribution in [2.24, 2.45) is 0 Å². The number of hydrogen-bond acceptors (Lipinski definition) is 4. The zero-order chi connectivity index (χ0) is 14.4. The minimum Gasteiger partial charge on any atom is -0.483 e. The number of furan rings is 1. The van der Waals surface area contributed by atoms with Gasteiger partial charge in [-0.25, -0.2) is 4.39 Å². The normalized spacial score (nSPS) is 9.80. The van der Waals surface area contributed by atoms with Crippen LogP contribution in [0.1, 0.15) is 12.2 Å². The number of nitriles is 1. The first-order valence-electron chi connectivity index (χ1n) is 5.80. The largest absolute Gasteiger partial charge is 0.483 e. The van der Waals surface area contributed by atoms with Gasteiger partial charge in [-0.15, -0.1) is 0 Å². The zero-order valence-electron chi connectivity index (χ0n) is 10.4. The molecule has 0 saturated heterocycles. The molecule has 0 atom stereocenters. The second-order valence-electron chi connectivity index (χ2n) is 3.90. The third-order valence-electron chi connectivity index (χ3n) is 2.41. The molecule has 1 aromatic carbocycles. The van der Waals surface area contributed by atoms with Crippen LogP contribution in [0.4, 0.5) is 10.1 Å². The van der Waals surface area contributed by atoms with Crippen LogP contribution < -0.4 is 10.1 Å². The van der Waals surface area contributed by atoms with Gasteiger partial charge in [0.1, 0.15) is 18.8 Å². The van der Waals surface area contributed by atoms with E-state index >= 15 is 0 Å². The molecule has 0 aliphatic heterocycles. The molecule has 1 amide bonds. The molecular formula is C14H11FN2O3. The van der Waals surface area contributed by atoms with Crippen LogP contribution in [0.3, 0.4) is 0 Å². The van der Waals surface area contributed by atoms with Gasteiger partial charge in [-0.05, 0) is 24.3 Å². The van der Waals surface area contributed by atoms with Gasteiger partial charge >= 0.3 is 0 Å². The first-order chi connectivity index (χ1) is 9.69.